The third-order valence-corrected chi connectivity index (χ3v) is 14.5. The number of ether oxygens (including phenoxy) is 2. The number of hydrogen-bond acceptors (Lipinski definition) is 3. The second kappa shape index (κ2) is 7.04. The van der Waals surface area contributed by atoms with Gasteiger partial charge in [-0.3, -0.25) is 0 Å². The molecule has 3 nitrogen and oxygen atoms in total. The average molecular weight is 383 g/mol. The highest BCUT2D eigenvalue weighted by atomic mass is 28.4. The van der Waals surface area contributed by atoms with Gasteiger partial charge in [-0.15, -0.1) is 0 Å². The van der Waals surface area contributed by atoms with E-state index in [-0.39, 0.29) is 0 Å². The topological polar surface area (TPSA) is 34.3 Å². The number of hydrogen-bond donors (Lipinski definition) is 0. The molecule has 4 rings (SSSR count). The Kier molecular flexibility index (Phi) is 5.26. The normalized spacial score (nSPS) is 40.3. The highest BCUT2D eigenvalue weighted by Gasteiger charge is 2.45. The molecule has 5 heteroatoms. The molecule has 0 unspecified atom stereocenters. The van der Waals surface area contributed by atoms with Crippen LogP contribution < -0.4 is 0 Å². The van der Waals surface area contributed by atoms with E-state index in [0.29, 0.717) is 24.4 Å². The van der Waals surface area contributed by atoms with E-state index < -0.39 is 16.6 Å². The summed E-state index contributed by atoms with van der Waals surface area (Å²) in [5, 5.41) is 0. The van der Waals surface area contributed by atoms with Crippen LogP contribution in [0, 0.1) is 11.8 Å². The molecule has 2 heterocycles. The molecule has 4 fully saturated rings. The Morgan fingerprint density at radius 2 is 1.12 bits per heavy atom. The fraction of sp³-hybridized carbons (Fsp3) is 1.00. The molecule has 0 aromatic carbocycles. The molecule has 0 aromatic heterocycles. The van der Waals surface area contributed by atoms with Gasteiger partial charge in [0, 0.05) is 0 Å². The first-order valence-electron chi connectivity index (χ1n) is 10.8. The van der Waals surface area contributed by atoms with Crippen molar-refractivity contribution < 1.29 is 13.6 Å². The van der Waals surface area contributed by atoms with Crippen LogP contribution in [-0.4, -0.2) is 41.1 Å². The van der Waals surface area contributed by atoms with Crippen molar-refractivity contribution in [1.29, 1.82) is 0 Å². The monoisotopic (exact) mass is 382 g/mol. The van der Waals surface area contributed by atoms with Gasteiger partial charge in [0.05, 0.1) is 24.4 Å². The molecule has 0 spiro atoms. The molecule has 144 valence electrons. The van der Waals surface area contributed by atoms with Gasteiger partial charge in [-0.25, -0.2) is 0 Å². The minimum atomic E-state index is -1.53. The molecule has 0 N–H and O–H groups in total. The Balaban J connectivity index is 1.18. The molecule has 2 saturated heterocycles. The van der Waals surface area contributed by atoms with Crippen molar-refractivity contribution in [3.05, 3.63) is 0 Å². The molecular formula is C20H38O3Si2. The largest absolute Gasteiger partial charge is 0.455 e. The Morgan fingerprint density at radius 1 is 0.680 bits per heavy atom. The summed E-state index contributed by atoms with van der Waals surface area (Å²) in [6.07, 6.45) is 13.3. The quantitative estimate of drug-likeness (QED) is 0.420. The van der Waals surface area contributed by atoms with E-state index in [1.807, 2.05) is 0 Å². The summed E-state index contributed by atoms with van der Waals surface area (Å²) in [5.74, 6) is 1.80. The zero-order valence-electron chi connectivity index (χ0n) is 16.8. The smallest absolute Gasteiger partial charge is 0.173 e. The van der Waals surface area contributed by atoms with Crippen molar-refractivity contribution in [2.75, 3.05) is 0 Å². The van der Waals surface area contributed by atoms with E-state index in [9.17, 15) is 0 Å². The molecule has 2 aliphatic carbocycles. The lowest BCUT2D eigenvalue weighted by Gasteiger charge is -2.36. The highest BCUT2D eigenvalue weighted by Crippen LogP contribution is 2.43. The predicted octanol–water partition coefficient (Wildman–Crippen LogP) is 5.33. The van der Waals surface area contributed by atoms with Crippen molar-refractivity contribution in [2.24, 2.45) is 11.8 Å². The van der Waals surface area contributed by atoms with Gasteiger partial charge < -0.3 is 13.6 Å². The molecule has 0 radical (unpaired) electrons. The molecule has 2 aliphatic heterocycles. The number of fused-ring (bicyclic) bond motifs is 2. The maximum Gasteiger partial charge on any atom is 0.173 e. The molecule has 0 aromatic rings. The Morgan fingerprint density at radius 3 is 1.52 bits per heavy atom. The van der Waals surface area contributed by atoms with Gasteiger partial charge in [0.2, 0.25) is 0 Å². The highest BCUT2D eigenvalue weighted by molar-refractivity contribution is 6.84. The van der Waals surface area contributed by atoms with Crippen molar-refractivity contribution in [3.63, 3.8) is 0 Å². The summed E-state index contributed by atoms with van der Waals surface area (Å²) in [4.78, 5) is 0. The maximum atomic E-state index is 6.90. The minimum absolute atomic E-state index is 0.626. The van der Waals surface area contributed by atoms with Gasteiger partial charge in [-0.1, -0.05) is 12.8 Å². The van der Waals surface area contributed by atoms with Gasteiger partial charge in [0.15, 0.2) is 16.6 Å². The van der Waals surface area contributed by atoms with E-state index in [2.05, 4.69) is 26.2 Å². The van der Waals surface area contributed by atoms with E-state index in [4.69, 9.17) is 13.6 Å². The zero-order valence-corrected chi connectivity index (χ0v) is 18.8. The van der Waals surface area contributed by atoms with Crippen LogP contribution in [0.4, 0.5) is 0 Å². The zero-order chi connectivity index (χ0) is 17.7. The van der Waals surface area contributed by atoms with Crippen LogP contribution in [0.1, 0.15) is 51.4 Å². The van der Waals surface area contributed by atoms with Crippen LogP contribution in [0.3, 0.4) is 0 Å². The van der Waals surface area contributed by atoms with Crippen molar-refractivity contribution in [1.82, 2.24) is 0 Å². The summed E-state index contributed by atoms with van der Waals surface area (Å²) >= 11 is 0. The predicted molar refractivity (Wildman–Crippen MR) is 107 cm³/mol. The number of rotatable bonds is 8. The van der Waals surface area contributed by atoms with Crippen LogP contribution in [-0.2, 0) is 13.6 Å². The van der Waals surface area contributed by atoms with E-state index >= 15 is 0 Å². The van der Waals surface area contributed by atoms with Gasteiger partial charge in [-0.2, -0.15) is 0 Å². The molecule has 0 amide bonds. The van der Waals surface area contributed by atoms with Crippen LogP contribution in [0.15, 0.2) is 0 Å². The van der Waals surface area contributed by atoms with Crippen molar-refractivity contribution >= 4 is 16.6 Å². The first-order chi connectivity index (χ1) is 11.8. The van der Waals surface area contributed by atoms with E-state index in [1.165, 1.54) is 63.5 Å². The van der Waals surface area contributed by atoms with Crippen LogP contribution in [0.5, 0.6) is 0 Å². The molecule has 0 bridgehead atoms. The van der Waals surface area contributed by atoms with E-state index in [1.54, 1.807) is 0 Å². The van der Waals surface area contributed by atoms with Crippen LogP contribution >= 0.6 is 0 Å². The fourth-order valence-electron chi connectivity index (χ4n) is 5.45. The maximum absolute atomic E-state index is 6.90. The van der Waals surface area contributed by atoms with Crippen LogP contribution in [0.2, 0.25) is 38.3 Å². The van der Waals surface area contributed by atoms with Gasteiger partial charge >= 0.3 is 0 Å². The molecule has 4 aliphatic rings. The van der Waals surface area contributed by atoms with Crippen molar-refractivity contribution in [2.45, 2.75) is 114 Å². The van der Waals surface area contributed by atoms with Gasteiger partial charge in [-0.05, 0) is 88.6 Å². The first kappa shape index (κ1) is 18.7. The third-order valence-electron chi connectivity index (χ3n) is 7.09. The lowest BCUT2D eigenvalue weighted by molar-refractivity contribution is 0.352. The second-order valence-corrected chi connectivity index (χ2v) is 19.3. The lowest BCUT2D eigenvalue weighted by Crippen LogP contribution is -2.44. The first-order valence-corrected chi connectivity index (χ1v) is 17.0. The summed E-state index contributed by atoms with van der Waals surface area (Å²) in [5.41, 5.74) is 0. The SMILES string of the molecule is C[Si](C)(CC[C@H]1CC[C@H]2O[C@@H]2C1)O[Si](C)(C)CC[C@@H]1CC[C@H]2O[C@@H]2C1. The summed E-state index contributed by atoms with van der Waals surface area (Å²) in [6, 6.07) is 2.68. The molecular weight excluding hydrogens is 344 g/mol. The minimum Gasteiger partial charge on any atom is -0.455 e. The fourth-order valence-corrected chi connectivity index (χ4v) is 14.5. The number of epoxide rings is 2. The summed E-state index contributed by atoms with van der Waals surface area (Å²) < 4.78 is 18.3. The molecule has 6 atom stereocenters. The summed E-state index contributed by atoms with van der Waals surface area (Å²) in [7, 11) is -3.05. The third kappa shape index (κ3) is 5.19. The van der Waals surface area contributed by atoms with Gasteiger partial charge in [0.25, 0.3) is 0 Å². The standard InChI is InChI=1S/C20H38O3Si2/c1-24(2,11-9-15-5-7-17-19(13-15)21-17)23-25(3,4)12-10-16-6-8-18-20(14-16)22-18/h15-20H,5-14H2,1-4H3/t15-,16+,17-,18-,19-,20-/m1/s1. The van der Waals surface area contributed by atoms with Gasteiger partial charge in [0.1, 0.15) is 0 Å². The lowest BCUT2D eigenvalue weighted by atomic mass is 9.88. The summed E-state index contributed by atoms with van der Waals surface area (Å²) in [6.45, 7) is 9.85. The molecule has 25 heavy (non-hydrogen) atoms. The Labute approximate surface area is 156 Å². The van der Waals surface area contributed by atoms with E-state index in [0.717, 1.165) is 11.8 Å². The van der Waals surface area contributed by atoms with Crippen LogP contribution in [0.25, 0.3) is 0 Å². The Bertz CT molecular complexity index is 440. The second-order valence-electron chi connectivity index (χ2n) is 10.5. The van der Waals surface area contributed by atoms with Crippen molar-refractivity contribution in [3.8, 4) is 0 Å². The molecule has 2 saturated carbocycles. The average Bonchev–Trinajstić information content (AvgIpc) is 3.42. The Hall–Kier alpha value is 0.314.